The number of benzene rings is 1. The standard InChI is InChI=1S/C12H14F3N/c13-10-5-8(6-11(14)12(10)15)7-16-9-3-1-2-4-9/h5-6,9,16H,1-4,7H2. The monoisotopic (exact) mass is 229 g/mol. The summed E-state index contributed by atoms with van der Waals surface area (Å²) >= 11 is 0. The van der Waals surface area contributed by atoms with Crippen LogP contribution in [0.3, 0.4) is 0 Å². The van der Waals surface area contributed by atoms with E-state index in [1.54, 1.807) is 0 Å². The summed E-state index contributed by atoms with van der Waals surface area (Å²) in [6, 6.07) is 2.51. The molecule has 1 aliphatic carbocycles. The van der Waals surface area contributed by atoms with Gasteiger partial charge in [-0.2, -0.15) is 0 Å². The zero-order chi connectivity index (χ0) is 11.5. The second-order valence-electron chi connectivity index (χ2n) is 4.24. The van der Waals surface area contributed by atoms with Crippen LogP contribution in [0.25, 0.3) is 0 Å². The van der Waals surface area contributed by atoms with Crippen molar-refractivity contribution in [3.05, 3.63) is 35.1 Å². The van der Waals surface area contributed by atoms with Gasteiger partial charge in [-0.05, 0) is 30.5 Å². The van der Waals surface area contributed by atoms with Gasteiger partial charge in [-0.1, -0.05) is 12.8 Å². The van der Waals surface area contributed by atoms with Gasteiger partial charge in [0.15, 0.2) is 17.5 Å². The minimum absolute atomic E-state index is 0.388. The molecule has 1 aromatic carbocycles. The van der Waals surface area contributed by atoms with Crippen LogP contribution in [0.1, 0.15) is 31.2 Å². The van der Waals surface area contributed by atoms with Gasteiger partial charge >= 0.3 is 0 Å². The predicted octanol–water partition coefficient (Wildman–Crippen LogP) is 3.14. The van der Waals surface area contributed by atoms with E-state index in [1.165, 1.54) is 12.8 Å². The van der Waals surface area contributed by atoms with E-state index < -0.39 is 17.5 Å². The Morgan fingerprint density at radius 2 is 1.62 bits per heavy atom. The minimum Gasteiger partial charge on any atom is -0.310 e. The third-order valence-corrected chi connectivity index (χ3v) is 2.99. The number of nitrogens with one attached hydrogen (secondary N) is 1. The van der Waals surface area contributed by atoms with Gasteiger partial charge in [0.1, 0.15) is 0 Å². The average Bonchev–Trinajstić information content (AvgIpc) is 2.75. The van der Waals surface area contributed by atoms with Gasteiger partial charge in [-0.15, -0.1) is 0 Å². The summed E-state index contributed by atoms with van der Waals surface area (Å²) in [4.78, 5) is 0. The molecule has 1 nitrogen and oxygen atoms in total. The van der Waals surface area contributed by atoms with Crippen LogP contribution < -0.4 is 5.32 Å². The summed E-state index contributed by atoms with van der Waals surface area (Å²) in [5.41, 5.74) is 0.448. The quantitative estimate of drug-likeness (QED) is 0.785. The number of hydrogen-bond donors (Lipinski definition) is 1. The Balaban J connectivity index is 1.98. The summed E-state index contributed by atoms with van der Waals surface area (Å²) < 4.78 is 38.5. The Morgan fingerprint density at radius 1 is 1.06 bits per heavy atom. The Bertz CT molecular complexity index is 350. The molecule has 4 heteroatoms. The molecule has 88 valence electrons. The van der Waals surface area contributed by atoms with Crippen LogP contribution in [0.4, 0.5) is 13.2 Å². The Hall–Kier alpha value is -1.03. The van der Waals surface area contributed by atoms with Gasteiger partial charge in [0, 0.05) is 12.6 Å². The zero-order valence-corrected chi connectivity index (χ0v) is 8.90. The van der Waals surface area contributed by atoms with Crippen molar-refractivity contribution < 1.29 is 13.2 Å². The van der Waals surface area contributed by atoms with Gasteiger partial charge in [-0.3, -0.25) is 0 Å². The molecule has 0 saturated heterocycles. The summed E-state index contributed by atoms with van der Waals surface area (Å²) in [6.45, 7) is 0.388. The molecular formula is C12H14F3N. The van der Waals surface area contributed by atoms with Crippen molar-refractivity contribution in [1.29, 1.82) is 0 Å². The lowest BCUT2D eigenvalue weighted by Gasteiger charge is -2.11. The van der Waals surface area contributed by atoms with Gasteiger partial charge in [0.2, 0.25) is 0 Å². The van der Waals surface area contributed by atoms with E-state index in [-0.39, 0.29) is 0 Å². The fraction of sp³-hybridized carbons (Fsp3) is 0.500. The van der Waals surface area contributed by atoms with Crippen LogP contribution in [0.5, 0.6) is 0 Å². The van der Waals surface area contributed by atoms with Crippen LogP contribution in [-0.4, -0.2) is 6.04 Å². The summed E-state index contributed by atoms with van der Waals surface area (Å²) in [7, 11) is 0. The maximum absolute atomic E-state index is 12.9. The van der Waals surface area contributed by atoms with Crippen LogP contribution in [0, 0.1) is 17.5 Å². The molecule has 16 heavy (non-hydrogen) atoms. The molecule has 1 aliphatic rings. The van der Waals surface area contributed by atoms with E-state index in [0.29, 0.717) is 18.2 Å². The molecule has 1 aromatic rings. The van der Waals surface area contributed by atoms with Crippen molar-refractivity contribution in [2.75, 3.05) is 0 Å². The maximum atomic E-state index is 12.9. The molecule has 1 saturated carbocycles. The van der Waals surface area contributed by atoms with E-state index in [1.807, 2.05) is 0 Å². The van der Waals surface area contributed by atoms with Crippen molar-refractivity contribution >= 4 is 0 Å². The Kier molecular flexibility index (Phi) is 3.49. The van der Waals surface area contributed by atoms with Gasteiger partial charge < -0.3 is 5.32 Å². The molecule has 0 aromatic heterocycles. The summed E-state index contributed by atoms with van der Waals surface area (Å²) in [5, 5.41) is 3.22. The zero-order valence-electron chi connectivity index (χ0n) is 8.90. The Morgan fingerprint density at radius 3 is 2.19 bits per heavy atom. The lowest BCUT2D eigenvalue weighted by molar-refractivity contribution is 0.442. The second kappa shape index (κ2) is 4.87. The predicted molar refractivity (Wildman–Crippen MR) is 55.4 cm³/mol. The van der Waals surface area contributed by atoms with Crippen molar-refractivity contribution in [3.63, 3.8) is 0 Å². The van der Waals surface area contributed by atoms with Gasteiger partial charge in [0.25, 0.3) is 0 Å². The molecule has 0 spiro atoms. The SMILES string of the molecule is Fc1cc(CNC2CCCC2)cc(F)c1F. The molecular weight excluding hydrogens is 215 g/mol. The van der Waals surface area contributed by atoms with E-state index in [2.05, 4.69) is 5.32 Å². The molecule has 0 radical (unpaired) electrons. The molecule has 2 rings (SSSR count). The number of rotatable bonds is 3. The molecule has 0 unspecified atom stereocenters. The Labute approximate surface area is 92.7 Å². The first-order chi connectivity index (χ1) is 7.66. The third kappa shape index (κ3) is 2.55. The van der Waals surface area contributed by atoms with Crippen LogP contribution in [0.2, 0.25) is 0 Å². The fourth-order valence-corrected chi connectivity index (χ4v) is 2.10. The molecule has 0 amide bonds. The van der Waals surface area contributed by atoms with E-state index in [4.69, 9.17) is 0 Å². The fourth-order valence-electron chi connectivity index (χ4n) is 2.10. The smallest absolute Gasteiger partial charge is 0.194 e. The highest BCUT2D eigenvalue weighted by molar-refractivity contribution is 5.19. The van der Waals surface area contributed by atoms with Gasteiger partial charge in [0.05, 0.1) is 0 Å². The van der Waals surface area contributed by atoms with Crippen molar-refractivity contribution in [1.82, 2.24) is 5.32 Å². The normalized spacial score (nSPS) is 16.9. The first-order valence-corrected chi connectivity index (χ1v) is 5.53. The molecule has 1 fully saturated rings. The largest absolute Gasteiger partial charge is 0.310 e. The number of halogens is 3. The van der Waals surface area contributed by atoms with E-state index in [9.17, 15) is 13.2 Å². The molecule has 0 aliphatic heterocycles. The van der Waals surface area contributed by atoms with Crippen molar-refractivity contribution in [2.24, 2.45) is 0 Å². The first kappa shape index (κ1) is 11.5. The van der Waals surface area contributed by atoms with Crippen LogP contribution in [-0.2, 0) is 6.54 Å². The topological polar surface area (TPSA) is 12.0 Å². The third-order valence-electron chi connectivity index (χ3n) is 2.99. The summed E-state index contributed by atoms with van der Waals surface area (Å²) in [5.74, 6) is -3.64. The number of hydrogen-bond acceptors (Lipinski definition) is 1. The molecule has 0 heterocycles. The van der Waals surface area contributed by atoms with E-state index >= 15 is 0 Å². The van der Waals surface area contributed by atoms with Crippen molar-refractivity contribution in [3.8, 4) is 0 Å². The van der Waals surface area contributed by atoms with Crippen LogP contribution >= 0.6 is 0 Å². The highest BCUT2D eigenvalue weighted by Gasteiger charge is 2.15. The molecule has 0 bridgehead atoms. The molecule has 0 atom stereocenters. The average molecular weight is 229 g/mol. The minimum atomic E-state index is -1.40. The molecule has 1 N–H and O–H groups in total. The highest BCUT2D eigenvalue weighted by atomic mass is 19.2. The second-order valence-corrected chi connectivity index (χ2v) is 4.24. The lowest BCUT2D eigenvalue weighted by atomic mass is 10.2. The first-order valence-electron chi connectivity index (χ1n) is 5.53. The van der Waals surface area contributed by atoms with E-state index in [0.717, 1.165) is 25.0 Å². The van der Waals surface area contributed by atoms with Gasteiger partial charge in [-0.25, -0.2) is 13.2 Å². The van der Waals surface area contributed by atoms with Crippen LogP contribution in [0.15, 0.2) is 12.1 Å². The van der Waals surface area contributed by atoms with Crippen molar-refractivity contribution in [2.45, 2.75) is 38.3 Å². The maximum Gasteiger partial charge on any atom is 0.194 e. The lowest BCUT2D eigenvalue weighted by Crippen LogP contribution is -2.25. The highest BCUT2D eigenvalue weighted by Crippen LogP contribution is 2.19. The summed E-state index contributed by atoms with van der Waals surface area (Å²) in [6.07, 6.45) is 4.60.